The van der Waals surface area contributed by atoms with Crippen LogP contribution in [-0.4, -0.2) is 32.8 Å². The van der Waals surface area contributed by atoms with Gasteiger partial charge in [-0.2, -0.15) is 11.3 Å². The number of hydrogen-bond acceptors (Lipinski definition) is 4. The van der Waals surface area contributed by atoms with Crippen LogP contribution in [0, 0.1) is 19.1 Å². The number of thiophene rings is 1. The molecule has 0 spiro atoms. The zero-order valence-electron chi connectivity index (χ0n) is 36.5. The van der Waals surface area contributed by atoms with Crippen LogP contribution in [0.3, 0.4) is 0 Å². The van der Waals surface area contributed by atoms with Crippen LogP contribution in [0.2, 0.25) is 17.3 Å². The first-order valence-corrected chi connectivity index (χ1v) is 29.4. The zero-order valence-corrected chi connectivity index (χ0v) is 41.9. The molecule has 4 heterocycles. The van der Waals surface area contributed by atoms with Crippen molar-refractivity contribution >= 4 is 71.1 Å². The van der Waals surface area contributed by atoms with Gasteiger partial charge in [0.25, 0.3) is 0 Å². The van der Waals surface area contributed by atoms with Crippen LogP contribution in [0.1, 0.15) is 56.4 Å². The predicted molar refractivity (Wildman–Crippen MR) is 263 cm³/mol. The van der Waals surface area contributed by atoms with Gasteiger partial charge in [0.05, 0.1) is 16.9 Å². The molecule has 10 rings (SSSR count). The summed E-state index contributed by atoms with van der Waals surface area (Å²) in [5.74, 6) is 8.73. The monoisotopic (exact) mass is 1070 g/mol. The van der Waals surface area contributed by atoms with E-state index >= 15 is 0 Å². The number of nitrogens with zero attached hydrogens (tertiary/aromatic N) is 4. The zero-order chi connectivity index (χ0) is 42.4. The molecular formula is C55H50GeIrN4S-2. The molecule has 10 aromatic rings. The van der Waals surface area contributed by atoms with Gasteiger partial charge in [-0.05, 0) is 81.4 Å². The molecule has 0 amide bonds. The number of aromatic nitrogens is 4. The van der Waals surface area contributed by atoms with E-state index < -0.39 is 13.3 Å². The molecule has 0 saturated carbocycles. The molecule has 0 atom stereocenters. The first-order valence-electron chi connectivity index (χ1n) is 21.2. The molecule has 0 aliphatic carbocycles. The van der Waals surface area contributed by atoms with Gasteiger partial charge in [-0.25, -0.2) is 4.98 Å². The third-order valence-corrected chi connectivity index (χ3v) is 16.9. The Morgan fingerprint density at radius 3 is 2.08 bits per heavy atom. The molecule has 0 fully saturated rings. The minimum Gasteiger partial charge on any atom is 0 e. The van der Waals surface area contributed by atoms with Crippen LogP contribution in [0.25, 0.3) is 81.6 Å². The summed E-state index contributed by atoms with van der Waals surface area (Å²) in [4.78, 5) is 15.8. The third-order valence-electron chi connectivity index (χ3n) is 11.6. The summed E-state index contributed by atoms with van der Waals surface area (Å²) in [5.41, 5.74) is 12.6. The molecule has 0 N–H and O–H groups in total. The minimum atomic E-state index is -1.78. The van der Waals surface area contributed by atoms with Gasteiger partial charge in [0.2, 0.25) is 0 Å². The summed E-state index contributed by atoms with van der Waals surface area (Å²) in [5, 5.41) is 4.84. The van der Waals surface area contributed by atoms with Crippen molar-refractivity contribution in [3.63, 3.8) is 0 Å². The molecule has 1 radical (unpaired) electrons. The number of pyridine rings is 2. The van der Waals surface area contributed by atoms with Gasteiger partial charge < -0.3 is 4.57 Å². The van der Waals surface area contributed by atoms with E-state index in [4.69, 9.17) is 9.97 Å². The van der Waals surface area contributed by atoms with Crippen molar-refractivity contribution in [2.24, 2.45) is 0 Å². The van der Waals surface area contributed by atoms with Gasteiger partial charge in [0, 0.05) is 31.5 Å². The summed E-state index contributed by atoms with van der Waals surface area (Å²) in [6, 6.07) is 56.4. The third kappa shape index (κ3) is 8.46. The maximum Gasteiger partial charge on any atom is 0 e. The van der Waals surface area contributed by atoms with Crippen LogP contribution in [0.15, 0.2) is 146 Å². The van der Waals surface area contributed by atoms with Crippen molar-refractivity contribution in [1.82, 2.24) is 19.5 Å². The Labute approximate surface area is 385 Å². The summed E-state index contributed by atoms with van der Waals surface area (Å²) >= 11 is -0.0514. The number of imidazole rings is 1. The molecule has 311 valence electrons. The first kappa shape index (κ1) is 43.4. The van der Waals surface area contributed by atoms with Gasteiger partial charge in [-0.1, -0.05) is 81.6 Å². The average Bonchev–Trinajstić information content (AvgIpc) is 3.83. The molecule has 0 unspecified atom stereocenters. The Balaban J connectivity index is 0.000000212. The average molecular weight is 1060 g/mol. The number of rotatable bonds is 7. The van der Waals surface area contributed by atoms with E-state index in [9.17, 15) is 0 Å². The Morgan fingerprint density at radius 1 is 0.661 bits per heavy atom. The molecule has 0 aliphatic heterocycles. The second-order valence-electron chi connectivity index (χ2n) is 17.6. The van der Waals surface area contributed by atoms with Crippen LogP contribution in [0.5, 0.6) is 0 Å². The minimum absolute atomic E-state index is 0. The van der Waals surface area contributed by atoms with E-state index in [-0.39, 0.29) is 20.1 Å². The van der Waals surface area contributed by atoms with Gasteiger partial charge in [-0.3, -0.25) is 4.98 Å². The van der Waals surface area contributed by atoms with Crippen LogP contribution in [-0.2, 0) is 20.1 Å². The molecule has 4 aromatic heterocycles. The van der Waals surface area contributed by atoms with Gasteiger partial charge in [0.15, 0.2) is 0 Å². The normalized spacial score (nSPS) is 11.7. The number of fused-ring (bicyclic) bond motifs is 5. The van der Waals surface area contributed by atoms with Gasteiger partial charge in [0.1, 0.15) is 4.83 Å². The second kappa shape index (κ2) is 17.9. The Hall–Kier alpha value is -5.24. The molecule has 6 aromatic carbocycles. The van der Waals surface area contributed by atoms with Crippen LogP contribution < -0.4 is 4.40 Å². The van der Waals surface area contributed by atoms with E-state index in [0.29, 0.717) is 11.8 Å². The quantitative estimate of drug-likeness (QED) is 0.118. The van der Waals surface area contributed by atoms with Crippen molar-refractivity contribution in [2.45, 2.75) is 63.7 Å². The van der Waals surface area contributed by atoms with Crippen molar-refractivity contribution in [1.29, 1.82) is 0 Å². The Kier molecular flexibility index (Phi) is 12.5. The summed E-state index contributed by atoms with van der Waals surface area (Å²) in [6.45, 7) is 11.2. The summed E-state index contributed by atoms with van der Waals surface area (Å²) in [6.07, 6.45) is 2.06. The number of para-hydroxylation sites is 2. The van der Waals surface area contributed by atoms with Gasteiger partial charge >= 0.3 is 123 Å². The molecule has 0 saturated heterocycles. The summed E-state index contributed by atoms with van der Waals surface area (Å²) < 4.78 is 5.03. The van der Waals surface area contributed by atoms with E-state index in [1.165, 1.54) is 58.6 Å². The van der Waals surface area contributed by atoms with Crippen LogP contribution >= 0.6 is 11.3 Å². The summed E-state index contributed by atoms with van der Waals surface area (Å²) in [7, 11) is 0. The molecule has 62 heavy (non-hydrogen) atoms. The fourth-order valence-corrected chi connectivity index (χ4v) is 11.5. The van der Waals surface area contributed by atoms with Gasteiger partial charge in [-0.15, -0.1) is 23.8 Å². The Morgan fingerprint density at radius 2 is 1.37 bits per heavy atom. The first-order chi connectivity index (χ1) is 29.4. The van der Waals surface area contributed by atoms with E-state index in [1.807, 2.05) is 13.0 Å². The largest absolute Gasteiger partial charge is 0 e. The van der Waals surface area contributed by atoms with E-state index in [0.717, 1.165) is 44.2 Å². The van der Waals surface area contributed by atoms with Crippen molar-refractivity contribution in [3.05, 3.63) is 175 Å². The van der Waals surface area contributed by atoms with Crippen molar-refractivity contribution in [2.75, 3.05) is 0 Å². The number of hydrogen-bond donors (Lipinski definition) is 0. The fraction of sp³-hybridized carbons (Fsp3) is 0.182. The smallest absolute Gasteiger partial charge is 0 e. The topological polar surface area (TPSA) is 43.6 Å². The number of benzene rings is 6. The standard InChI is InChI=1S/C37H32N3S.C18H18GeN.Ir/c1-22(2)29-20-27(25-11-7-6-8-12-25)21-30(23(3)4)35(29)40-33-14-10-9-13-32(33)39-36(40)26-16-18-34-31(19-26)28-17-15-24(5)38-37(28)41-34;1-19(2,3)15-11-12-18(20-13-15)17-10-6-8-14-7-4-5-9-16(14)17;/h6-15,17-23H,1-5H3;4-9,11-13H,1-3H3;/q2*-1;. The number of aryl methyl sites for hydroxylation is 1. The van der Waals surface area contributed by atoms with E-state index in [1.54, 1.807) is 11.3 Å². The molecule has 4 nitrogen and oxygen atoms in total. The fourth-order valence-electron chi connectivity index (χ4n) is 8.23. The molecular weight excluding hydrogens is 1010 g/mol. The second-order valence-corrected chi connectivity index (χ2v) is 29.3. The maximum atomic E-state index is 5.25. The molecule has 0 aliphatic rings. The molecule has 7 heteroatoms. The predicted octanol–water partition coefficient (Wildman–Crippen LogP) is 14.7. The Bertz CT molecular complexity index is 3160. The van der Waals surface area contributed by atoms with Crippen LogP contribution in [0.4, 0.5) is 0 Å². The van der Waals surface area contributed by atoms with Crippen molar-refractivity contribution < 1.29 is 20.1 Å². The SMILES string of the molecule is Cc1ccc2c(n1)sc1c[c-]c(-c3nc4ccccc4n3-c3c(C(C)C)cc(-c4ccccc4)cc3C(C)C)cc12.[CH3][Ge]([CH3])([CH3])[c]1ccc(-c2[c-]ccc3ccccc23)nc1.[Ir]. The van der Waals surface area contributed by atoms with E-state index in [2.05, 4.69) is 206 Å². The van der Waals surface area contributed by atoms with Crippen molar-refractivity contribution in [3.8, 4) is 39.5 Å². The maximum absolute atomic E-state index is 5.25. The molecule has 0 bridgehead atoms.